The number of phenols is 1. The Bertz CT molecular complexity index is 469. The molecule has 0 saturated carbocycles. The monoisotopic (exact) mass is 303 g/mol. The fraction of sp³-hybridized carbons (Fsp3) is 0. The van der Waals surface area contributed by atoms with Gasteiger partial charge in [-0.05, 0) is 0 Å². The summed E-state index contributed by atoms with van der Waals surface area (Å²) in [7, 11) is 0. The molecule has 0 unspecified atom stereocenters. The molecule has 0 atom stereocenters. The minimum absolute atomic E-state index is 0. The quantitative estimate of drug-likeness (QED) is 0.472. The number of benzene rings is 1. The van der Waals surface area contributed by atoms with Gasteiger partial charge < -0.3 is 10.6 Å². The van der Waals surface area contributed by atoms with Crippen LogP contribution in [0.2, 0.25) is 0 Å². The average Bonchev–Trinajstić information content (AvgIpc) is 2.16. The number of rotatable bonds is 3. The third-order valence-corrected chi connectivity index (χ3v) is 1.66. The first kappa shape index (κ1) is 18.1. The van der Waals surface area contributed by atoms with Crippen molar-refractivity contribution in [1.29, 1.82) is 0 Å². The van der Waals surface area contributed by atoms with Crippen molar-refractivity contribution in [2.45, 2.75) is 0 Å². The van der Waals surface area contributed by atoms with Crippen LogP contribution in [0.25, 0.3) is 0 Å². The maximum atomic E-state index is 10.4. The van der Waals surface area contributed by atoms with Crippen molar-refractivity contribution in [1.82, 2.24) is 0 Å². The fourth-order valence-corrected chi connectivity index (χ4v) is 0.974. The molecule has 11 nitrogen and oxygen atoms in total. The van der Waals surface area contributed by atoms with Gasteiger partial charge >= 0.3 is 11.4 Å². The third-order valence-electron chi connectivity index (χ3n) is 1.66. The fourth-order valence-electron chi connectivity index (χ4n) is 0.974. The Balaban J connectivity index is 0. The number of nitro benzene ring substituents is 3. The first-order chi connectivity index (χ1) is 7.34. The maximum absolute atomic E-state index is 10.4. The van der Waals surface area contributed by atoms with Crippen LogP contribution in [0.1, 0.15) is 0 Å². The molecule has 18 heavy (non-hydrogen) atoms. The topological polar surface area (TPSA) is 181 Å². The van der Waals surface area contributed by atoms with Crippen LogP contribution in [0.3, 0.4) is 0 Å². The molecule has 0 heterocycles. The van der Waals surface area contributed by atoms with E-state index in [4.69, 9.17) is 5.11 Å². The molecule has 0 fully saturated rings. The zero-order valence-corrected chi connectivity index (χ0v) is 9.35. The molecule has 0 amide bonds. The smallest absolute Gasteiger partial charge is 0.324 e. The van der Waals surface area contributed by atoms with Crippen molar-refractivity contribution >= 4 is 17.1 Å². The Hall–Kier alpha value is -2.30. The molecule has 100 valence electrons. The van der Waals surface area contributed by atoms with Crippen LogP contribution in [-0.4, -0.2) is 25.4 Å². The van der Waals surface area contributed by atoms with Crippen molar-refractivity contribution in [3.63, 3.8) is 0 Å². The van der Waals surface area contributed by atoms with Gasteiger partial charge in [0, 0.05) is 17.1 Å². The van der Waals surface area contributed by atoms with Crippen LogP contribution >= 0.6 is 0 Å². The van der Waals surface area contributed by atoms with Crippen LogP contribution < -0.4 is 0 Å². The number of nitro groups is 3. The molecule has 1 rings (SSSR count). The largest absolute Gasteiger partial charge is 0.497 e. The predicted molar refractivity (Wildman–Crippen MR) is 51.7 cm³/mol. The van der Waals surface area contributed by atoms with Crippen molar-refractivity contribution in [3.05, 3.63) is 42.5 Å². The number of non-ortho nitro benzene ring substituents is 1. The van der Waals surface area contributed by atoms with E-state index in [0.29, 0.717) is 12.1 Å². The predicted octanol–water partition coefficient (Wildman–Crippen LogP) is 0.290. The first-order valence-electron chi connectivity index (χ1n) is 3.64. The number of hydrogen-bond donors (Lipinski definition) is 1. The summed E-state index contributed by atoms with van der Waals surface area (Å²) < 4.78 is 0. The van der Waals surface area contributed by atoms with Crippen LogP contribution in [0.15, 0.2) is 12.1 Å². The number of nitrogens with zero attached hydrogens (tertiary/aromatic N) is 3. The van der Waals surface area contributed by atoms with Gasteiger partial charge in [-0.1, -0.05) is 0 Å². The molecular formula is C6H5FeN3O8. The molecule has 0 spiro atoms. The molecule has 0 aliphatic rings. The standard InChI is InChI=1S/C6H3N3O7.Fe.H2O/c10-6-4(8(13)14)1-3(7(11)12)2-5(6)9(15)16;;/h1-2,10H;;1H2. The van der Waals surface area contributed by atoms with Gasteiger partial charge in [-0.25, -0.2) is 0 Å². The second-order valence-electron chi connectivity index (χ2n) is 2.60. The van der Waals surface area contributed by atoms with Crippen LogP contribution in [-0.2, 0) is 17.1 Å². The summed E-state index contributed by atoms with van der Waals surface area (Å²) in [5.74, 6) is -1.21. The van der Waals surface area contributed by atoms with Crippen LogP contribution in [0.5, 0.6) is 5.75 Å². The molecule has 0 aliphatic carbocycles. The number of phenolic OH excluding ortho intramolecular Hbond substituents is 1. The maximum Gasteiger partial charge on any atom is 0.324 e. The van der Waals surface area contributed by atoms with E-state index in [2.05, 4.69) is 0 Å². The second-order valence-corrected chi connectivity index (χ2v) is 2.60. The van der Waals surface area contributed by atoms with E-state index in [-0.39, 0.29) is 22.5 Å². The normalized spacial score (nSPS) is 8.67. The molecular weight excluding hydrogens is 298 g/mol. The molecule has 12 heteroatoms. The summed E-state index contributed by atoms with van der Waals surface area (Å²) >= 11 is 0. The van der Waals surface area contributed by atoms with E-state index in [9.17, 15) is 30.3 Å². The van der Waals surface area contributed by atoms with E-state index in [1.165, 1.54) is 0 Å². The van der Waals surface area contributed by atoms with E-state index >= 15 is 0 Å². The SMILES string of the molecule is O.O=[N+]([O-])c1cc([N+](=O)[O-])c(O)c([N+](=O)[O-])c1.[Fe]. The number of aromatic hydroxyl groups is 1. The summed E-state index contributed by atoms with van der Waals surface area (Å²) in [6.07, 6.45) is 0. The Kier molecular flexibility index (Phi) is 6.47. The zero-order chi connectivity index (χ0) is 12.5. The van der Waals surface area contributed by atoms with Gasteiger partial charge in [0.1, 0.15) is 0 Å². The molecule has 0 aromatic heterocycles. The van der Waals surface area contributed by atoms with E-state index in [0.717, 1.165) is 0 Å². The van der Waals surface area contributed by atoms with Gasteiger partial charge in [0.25, 0.3) is 11.4 Å². The molecule has 3 N–H and O–H groups in total. The van der Waals surface area contributed by atoms with E-state index < -0.39 is 37.6 Å². The Morgan fingerprint density at radius 3 is 1.44 bits per heavy atom. The van der Waals surface area contributed by atoms with Gasteiger partial charge in [0.05, 0.1) is 26.9 Å². The first-order valence-corrected chi connectivity index (χ1v) is 3.64. The van der Waals surface area contributed by atoms with Gasteiger partial charge in [-0.3, -0.25) is 30.3 Å². The molecule has 0 aliphatic heterocycles. The average molecular weight is 303 g/mol. The second kappa shape index (κ2) is 6.44. The Labute approximate surface area is 108 Å². The molecule has 0 radical (unpaired) electrons. The molecule has 0 bridgehead atoms. The van der Waals surface area contributed by atoms with Crippen molar-refractivity contribution in [2.75, 3.05) is 0 Å². The molecule has 1 aromatic rings. The molecule has 0 saturated heterocycles. The zero-order valence-electron chi connectivity index (χ0n) is 8.25. The Morgan fingerprint density at radius 1 is 0.889 bits per heavy atom. The summed E-state index contributed by atoms with van der Waals surface area (Å²) in [6, 6.07) is 0.894. The van der Waals surface area contributed by atoms with Crippen LogP contribution in [0, 0.1) is 30.3 Å². The third kappa shape index (κ3) is 3.35. The number of hydrogen-bond acceptors (Lipinski definition) is 7. The van der Waals surface area contributed by atoms with E-state index in [1.54, 1.807) is 0 Å². The summed E-state index contributed by atoms with van der Waals surface area (Å²) in [4.78, 5) is 27.8. The molecule has 1 aromatic carbocycles. The van der Waals surface area contributed by atoms with E-state index in [1.807, 2.05) is 0 Å². The minimum atomic E-state index is -1.21. The summed E-state index contributed by atoms with van der Waals surface area (Å²) in [5.41, 5.74) is -3.00. The van der Waals surface area contributed by atoms with Crippen molar-refractivity contribution in [2.24, 2.45) is 0 Å². The summed E-state index contributed by atoms with van der Waals surface area (Å²) in [5, 5.41) is 40.2. The minimum Gasteiger partial charge on any atom is -0.497 e. The van der Waals surface area contributed by atoms with Crippen molar-refractivity contribution < 1.29 is 42.4 Å². The van der Waals surface area contributed by atoms with Crippen LogP contribution in [0.4, 0.5) is 17.1 Å². The summed E-state index contributed by atoms with van der Waals surface area (Å²) in [6.45, 7) is 0. The van der Waals surface area contributed by atoms with Gasteiger partial charge in [0.15, 0.2) is 0 Å². The van der Waals surface area contributed by atoms with Gasteiger partial charge in [-0.2, -0.15) is 0 Å². The van der Waals surface area contributed by atoms with Crippen molar-refractivity contribution in [3.8, 4) is 5.75 Å². The van der Waals surface area contributed by atoms with Gasteiger partial charge in [-0.15, -0.1) is 0 Å². The Morgan fingerprint density at radius 2 is 1.22 bits per heavy atom. The van der Waals surface area contributed by atoms with Gasteiger partial charge in [0.2, 0.25) is 0 Å².